The molecular formula is C16H9ClFN3. The van der Waals surface area contributed by atoms with Crippen LogP contribution in [0.5, 0.6) is 0 Å². The molecule has 3 aromatic rings. The highest BCUT2D eigenvalue weighted by Crippen LogP contribution is 2.09. The standard InChI is InChI=1S/C16H9ClFN3/c17-16-9-12(7-8-19-16)1-2-13-10-20-21(11-13)15-5-3-14(18)4-6-15/h3-11H. The number of hydrogen-bond donors (Lipinski definition) is 0. The Morgan fingerprint density at radius 3 is 2.57 bits per heavy atom. The zero-order chi connectivity index (χ0) is 14.7. The Morgan fingerprint density at radius 1 is 1.05 bits per heavy atom. The largest absolute Gasteiger partial charge is 0.244 e. The number of halogens is 2. The molecule has 1 aromatic carbocycles. The van der Waals surface area contributed by atoms with Crippen LogP contribution in [0.1, 0.15) is 11.1 Å². The van der Waals surface area contributed by atoms with E-state index >= 15 is 0 Å². The van der Waals surface area contributed by atoms with Crippen molar-refractivity contribution in [1.82, 2.24) is 14.8 Å². The van der Waals surface area contributed by atoms with Crippen molar-refractivity contribution >= 4 is 11.6 Å². The maximum absolute atomic E-state index is 12.9. The molecule has 0 saturated carbocycles. The van der Waals surface area contributed by atoms with E-state index in [1.807, 2.05) is 0 Å². The minimum atomic E-state index is -0.277. The molecule has 0 atom stereocenters. The monoisotopic (exact) mass is 297 g/mol. The summed E-state index contributed by atoms with van der Waals surface area (Å²) < 4.78 is 14.5. The predicted molar refractivity (Wildman–Crippen MR) is 78.7 cm³/mol. The molecule has 2 heterocycles. The van der Waals surface area contributed by atoms with E-state index in [0.29, 0.717) is 5.15 Å². The second kappa shape index (κ2) is 5.78. The van der Waals surface area contributed by atoms with Gasteiger partial charge in [0.05, 0.1) is 17.4 Å². The fourth-order valence-corrected chi connectivity index (χ4v) is 1.92. The third-order valence-corrected chi connectivity index (χ3v) is 2.96. The molecule has 0 saturated heterocycles. The molecule has 2 aromatic heterocycles. The van der Waals surface area contributed by atoms with Crippen LogP contribution in [0.25, 0.3) is 5.69 Å². The summed E-state index contributed by atoms with van der Waals surface area (Å²) in [6, 6.07) is 9.56. The fourth-order valence-electron chi connectivity index (χ4n) is 1.75. The molecule has 0 N–H and O–H groups in total. The van der Waals surface area contributed by atoms with Crippen LogP contribution in [0.3, 0.4) is 0 Å². The van der Waals surface area contributed by atoms with E-state index in [1.165, 1.54) is 12.1 Å². The Labute approximate surface area is 126 Å². The summed E-state index contributed by atoms with van der Waals surface area (Å²) in [7, 11) is 0. The molecule has 0 aliphatic carbocycles. The lowest BCUT2D eigenvalue weighted by Gasteiger charge is -1.99. The highest BCUT2D eigenvalue weighted by Gasteiger charge is 1.99. The lowest BCUT2D eigenvalue weighted by atomic mass is 10.2. The van der Waals surface area contributed by atoms with Crippen molar-refractivity contribution in [3.8, 4) is 17.5 Å². The van der Waals surface area contributed by atoms with Crippen molar-refractivity contribution in [2.45, 2.75) is 0 Å². The van der Waals surface area contributed by atoms with Crippen molar-refractivity contribution in [3.63, 3.8) is 0 Å². The zero-order valence-electron chi connectivity index (χ0n) is 10.8. The van der Waals surface area contributed by atoms with Crippen molar-refractivity contribution < 1.29 is 4.39 Å². The molecule has 0 radical (unpaired) electrons. The summed E-state index contributed by atoms with van der Waals surface area (Å²) in [6.07, 6.45) is 5.04. The lowest BCUT2D eigenvalue weighted by Crippen LogP contribution is -1.93. The molecule has 5 heteroatoms. The fraction of sp³-hybridized carbons (Fsp3) is 0. The van der Waals surface area contributed by atoms with Gasteiger partial charge in [-0.2, -0.15) is 5.10 Å². The van der Waals surface area contributed by atoms with Crippen LogP contribution in [-0.2, 0) is 0 Å². The maximum atomic E-state index is 12.9. The van der Waals surface area contributed by atoms with Crippen LogP contribution in [0.2, 0.25) is 5.15 Å². The van der Waals surface area contributed by atoms with Crippen LogP contribution in [0.4, 0.5) is 4.39 Å². The molecule has 0 fully saturated rings. The minimum Gasteiger partial charge on any atom is -0.244 e. The van der Waals surface area contributed by atoms with E-state index in [1.54, 1.807) is 47.5 Å². The zero-order valence-corrected chi connectivity index (χ0v) is 11.5. The number of hydrogen-bond acceptors (Lipinski definition) is 2. The first-order chi connectivity index (χ1) is 10.2. The highest BCUT2D eigenvalue weighted by molar-refractivity contribution is 6.29. The summed E-state index contributed by atoms with van der Waals surface area (Å²) in [5.74, 6) is 5.71. The molecular weight excluding hydrogens is 289 g/mol. The SMILES string of the molecule is Fc1ccc(-n2cc(C#Cc3ccnc(Cl)c3)cn2)cc1. The number of benzene rings is 1. The molecule has 0 aliphatic heterocycles. The van der Waals surface area contributed by atoms with Gasteiger partial charge in [-0.05, 0) is 36.4 Å². The molecule has 21 heavy (non-hydrogen) atoms. The summed E-state index contributed by atoms with van der Waals surface area (Å²) in [6.45, 7) is 0. The number of rotatable bonds is 1. The topological polar surface area (TPSA) is 30.7 Å². The van der Waals surface area contributed by atoms with Gasteiger partial charge in [-0.15, -0.1) is 0 Å². The molecule has 0 unspecified atom stereocenters. The van der Waals surface area contributed by atoms with Gasteiger partial charge in [-0.25, -0.2) is 14.1 Å². The van der Waals surface area contributed by atoms with Crippen LogP contribution in [0, 0.1) is 17.7 Å². The summed E-state index contributed by atoms with van der Waals surface area (Å²) in [5.41, 5.74) is 2.31. The average Bonchev–Trinajstić information content (AvgIpc) is 2.95. The van der Waals surface area contributed by atoms with Crippen molar-refractivity contribution in [2.24, 2.45) is 0 Å². The molecule has 0 spiro atoms. The van der Waals surface area contributed by atoms with Crippen LogP contribution >= 0.6 is 11.6 Å². The third kappa shape index (κ3) is 3.28. The Balaban J connectivity index is 1.84. The number of aromatic nitrogens is 3. The summed E-state index contributed by atoms with van der Waals surface area (Å²) in [4.78, 5) is 3.90. The van der Waals surface area contributed by atoms with Crippen LogP contribution in [-0.4, -0.2) is 14.8 Å². The normalized spacial score (nSPS) is 10.0. The van der Waals surface area contributed by atoms with Gasteiger partial charge < -0.3 is 0 Å². The highest BCUT2D eigenvalue weighted by atomic mass is 35.5. The van der Waals surface area contributed by atoms with E-state index in [2.05, 4.69) is 21.9 Å². The molecule has 3 rings (SSSR count). The second-order valence-electron chi connectivity index (χ2n) is 4.27. The van der Waals surface area contributed by atoms with E-state index < -0.39 is 0 Å². The van der Waals surface area contributed by atoms with Crippen molar-refractivity contribution in [1.29, 1.82) is 0 Å². The van der Waals surface area contributed by atoms with Gasteiger partial charge >= 0.3 is 0 Å². The molecule has 0 bridgehead atoms. The first kappa shape index (κ1) is 13.3. The van der Waals surface area contributed by atoms with Gasteiger partial charge in [0.1, 0.15) is 11.0 Å². The molecule has 0 aliphatic rings. The predicted octanol–water partition coefficient (Wildman–Crippen LogP) is 3.46. The lowest BCUT2D eigenvalue weighted by molar-refractivity contribution is 0.627. The van der Waals surface area contributed by atoms with Gasteiger partial charge in [0.25, 0.3) is 0 Å². The Bertz CT molecular complexity index is 828. The van der Waals surface area contributed by atoms with Crippen molar-refractivity contribution in [3.05, 3.63) is 77.1 Å². The van der Waals surface area contributed by atoms with Gasteiger partial charge in [0.15, 0.2) is 0 Å². The third-order valence-electron chi connectivity index (χ3n) is 2.75. The molecule has 0 amide bonds. The quantitative estimate of drug-likeness (QED) is 0.509. The average molecular weight is 298 g/mol. The van der Waals surface area contributed by atoms with Gasteiger partial charge in [0.2, 0.25) is 0 Å². The summed E-state index contributed by atoms with van der Waals surface area (Å²) in [5, 5.41) is 4.61. The maximum Gasteiger partial charge on any atom is 0.130 e. The number of nitrogens with zero attached hydrogens (tertiary/aromatic N) is 3. The second-order valence-corrected chi connectivity index (χ2v) is 4.65. The van der Waals surface area contributed by atoms with E-state index in [0.717, 1.165) is 16.8 Å². The van der Waals surface area contributed by atoms with E-state index in [4.69, 9.17) is 11.6 Å². The van der Waals surface area contributed by atoms with Crippen LogP contribution < -0.4 is 0 Å². The molecule has 102 valence electrons. The first-order valence-corrected chi connectivity index (χ1v) is 6.53. The summed E-state index contributed by atoms with van der Waals surface area (Å²) >= 11 is 5.80. The Morgan fingerprint density at radius 2 is 1.81 bits per heavy atom. The van der Waals surface area contributed by atoms with Gasteiger partial charge in [-0.3, -0.25) is 0 Å². The minimum absolute atomic E-state index is 0.277. The van der Waals surface area contributed by atoms with Gasteiger partial charge in [-0.1, -0.05) is 23.4 Å². The first-order valence-electron chi connectivity index (χ1n) is 6.15. The number of pyridine rings is 1. The Hall–Kier alpha value is -2.64. The Kier molecular flexibility index (Phi) is 3.67. The van der Waals surface area contributed by atoms with Gasteiger partial charge in [0, 0.05) is 18.0 Å². The molecule has 3 nitrogen and oxygen atoms in total. The smallest absolute Gasteiger partial charge is 0.130 e. The van der Waals surface area contributed by atoms with E-state index in [9.17, 15) is 4.39 Å². The van der Waals surface area contributed by atoms with Crippen molar-refractivity contribution in [2.75, 3.05) is 0 Å². The van der Waals surface area contributed by atoms with Crippen LogP contribution in [0.15, 0.2) is 55.0 Å². The van der Waals surface area contributed by atoms with E-state index in [-0.39, 0.29) is 5.82 Å².